The number of carbonyl (C=O) groups excluding carboxylic acids is 2. The van der Waals surface area contributed by atoms with Crippen LogP contribution in [-0.4, -0.2) is 178 Å². The van der Waals surface area contributed by atoms with Crippen LogP contribution in [0.4, 0.5) is 0 Å². The van der Waals surface area contributed by atoms with Crippen molar-refractivity contribution in [3.8, 4) is 10.4 Å². The maximum atomic E-state index is 14.1. The van der Waals surface area contributed by atoms with E-state index in [0.717, 1.165) is 20.9 Å². The molecule has 0 aliphatic carbocycles. The number of fused-ring (bicyclic) bond motifs is 3. The second-order valence-electron chi connectivity index (χ2n) is 18.9. The molecule has 69 heavy (non-hydrogen) atoms. The number of oxime groups is 1. The Hall–Kier alpha value is -3.54. The second kappa shape index (κ2) is 26.2. The highest BCUT2D eigenvalue weighted by Crippen LogP contribution is 2.36. The van der Waals surface area contributed by atoms with Crippen molar-refractivity contribution in [2.75, 3.05) is 61.3 Å². The van der Waals surface area contributed by atoms with Crippen molar-refractivity contribution >= 4 is 28.8 Å². The molecule has 0 spiro atoms. The first-order valence-electron chi connectivity index (χ1n) is 23.8. The van der Waals surface area contributed by atoms with Crippen LogP contribution in [0.3, 0.4) is 0 Å². The summed E-state index contributed by atoms with van der Waals surface area (Å²) in [7, 11) is 6.51. The van der Waals surface area contributed by atoms with E-state index >= 15 is 0 Å². The van der Waals surface area contributed by atoms with Gasteiger partial charge in [0.15, 0.2) is 25.0 Å². The van der Waals surface area contributed by atoms with Crippen LogP contribution in [0.5, 0.6) is 0 Å². The summed E-state index contributed by atoms with van der Waals surface area (Å²) >= 11 is 1.57. The van der Waals surface area contributed by atoms with Crippen LogP contribution < -0.4 is 0 Å². The molecule has 18 nitrogen and oxygen atoms in total. The maximum absolute atomic E-state index is 14.1. The lowest BCUT2D eigenvalue weighted by Gasteiger charge is -2.47. The smallest absolute Gasteiger partial charge is 0.308 e. The van der Waals surface area contributed by atoms with Crippen molar-refractivity contribution in [2.45, 2.75) is 134 Å². The number of carbonyl (C=O) groups is 2. The summed E-state index contributed by atoms with van der Waals surface area (Å²) in [6.45, 7) is 9.49. The molecule has 6 rings (SSSR count). The third-order valence-corrected chi connectivity index (χ3v) is 14.5. The number of likely N-dealkylation sites (N-methyl/N-ethyl adjacent to an activating group) is 1. The van der Waals surface area contributed by atoms with Gasteiger partial charge in [-0.25, -0.2) is 0 Å². The molecule has 384 valence electrons. The molecule has 4 aliphatic heterocycles. The number of nitrogens with zero attached hydrogens (tertiary/aromatic N) is 3. The fourth-order valence-corrected chi connectivity index (χ4v) is 10.3. The van der Waals surface area contributed by atoms with E-state index in [9.17, 15) is 24.9 Å². The zero-order valence-electron chi connectivity index (χ0n) is 41.3. The fourth-order valence-electron chi connectivity index (χ4n) is 9.41. The number of esters is 1. The average Bonchev–Trinajstić information content (AvgIpc) is 3.80. The topological polar surface area (TPSA) is 216 Å². The van der Waals surface area contributed by atoms with Crippen molar-refractivity contribution < 1.29 is 72.4 Å². The molecule has 0 radical (unpaired) electrons. The van der Waals surface area contributed by atoms with E-state index in [1.54, 1.807) is 62.5 Å². The molecule has 3 saturated heterocycles. The quantitative estimate of drug-likeness (QED) is 0.199. The molecule has 2 aromatic rings. The number of aliphatic hydroxyl groups is 3. The van der Waals surface area contributed by atoms with Crippen LogP contribution in [0.2, 0.25) is 0 Å². The van der Waals surface area contributed by atoms with Gasteiger partial charge in [0.1, 0.15) is 30.1 Å². The molecule has 3 fully saturated rings. The van der Waals surface area contributed by atoms with E-state index in [1.807, 2.05) is 57.3 Å². The molecule has 2 bridgehead atoms. The van der Waals surface area contributed by atoms with Gasteiger partial charge in [-0.15, -0.1) is 11.3 Å². The highest BCUT2D eigenvalue weighted by Gasteiger charge is 2.48. The number of hydrogen-bond acceptors (Lipinski definition) is 19. The van der Waals surface area contributed by atoms with Crippen LogP contribution >= 0.6 is 11.3 Å². The molecule has 0 aromatic carbocycles. The number of ether oxygens (including phenoxy) is 9. The number of cyclic esters (lactones) is 1. The Morgan fingerprint density at radius 2 is 1.67 bits per heavy atom. The Morgan fingerprint density at radius 1 is 0.913 bits per heavy atom. The van der Waals surface area contributed by atoms with Crippen molar-refractivity contribution in [2.24, 2.45) is 28.8 Å². The second-order valence-corrected chi connectivity index (χ2v) is 20.0. The van der Waals surface area contributed by atoms with Gasteiger partial charge in [-0.05, 0) is 77.9 Å². The number of aromatic nitrogens is 1. The number of aliphatic hydroxyl groups excluding tert-OH is 3. The molecule has 0 saturated carbocycles. The van der Waals surface area contributed by atoms with Gasteiger partial charge in [-0.2, -0.15) is 0 Å². The number of thiophene rings is 1. The molecule has 3 N–H and O–H groups in total. The highest BCUT2D eigenvalue weighted by molar-refractivity contribution is 7.15. The van der Waals surface area contributed by atoms with Crippen molar-refractivity contribution in [3.05, 3.63) is 65.3 Å². The first-order chi connectivity index (χ1) is 33.1. The summed E-state index contributed by atoms with van der Waals surface area (Å²) in [6, 6.07) is 7.18. The summed E-state index contributed by atoms with van der Waals surface area (Å²) < 4.78 is 55.4. The molecular formula is C50H73N3O15S. The van der Waals surface area contributed by atoms with Gasteiger partial charge in [0.2, 0.25) is 0 Å². The number of ketones is 1. The van der Waals surface area contributed by atoms with Gasteiger partial charge in [0, 0.05) is 66.3 Å². The zero-order valence-corrected chi connectivity index (χ0v) is 42.1. The van der Waals surface area contributed by atoms with Crippen molar-refractivity contribution in [3.63, 3.8) is 0 Å². The Bertz CT molecular complexity index is 2020. The van der Waals surface area contributed by atoms with Crippen molar-refractivity contribution in [1.29, 1.82) is 0 Å². The van der Waals surface area contributed by atoms with Gasteiger partial charge in [-0.1, -0.05) is 42.8 Å². The third-order valence-electron chi connectivity index (χ3n) is 13.4. The Kier molecular flexibility index (Phi) is 20.8. The van der Waals surface area contributed by atoms with Gasteiger partial charge in [0.25, 0.3) is 0 Å². The molecule has 6 heterocycles. The van der Waals surface area contributed by atoms with Gasteiger partial charge in [0.05, 0.1) is 69.4 Å². The van der Waals surface area contributed by atoms with Gasteiger partial charge in [-0.3, -0.25) is 14.6 Å². The van der Waals surface area contributed by atoms with Crippen molar-refractivity contribution in [1.82, 2.24) is 9.88 Å². The maximum Gasteiger partial charge on any atom is 0.308 e. The minimum atomic E-state index is -1.25. The predicted molar refractivity (Wildman–Crippen MR) is 255 cm³/mol. The Morgan fingerprint density at radius 3 is 2.39 bits per heavy atom. The average molecular weight is 988 g/mol. The predicted octanol–water partition coefficient (Wildman–Crippen LogP) is 4.34. The Labute approximate surface area is 409 Å². The molecular weight excluding hydrogens is 915 g/mol. The largest absolute Gasteiger partial charge is 0.465 e. The van der Waals surface area contributed by atoms with E-state index in [-0.39, 0.29) is 57.8 Å². The van der Waals surface area contributed by atoms with Crippen LogP contribution in [-0.2, 0) is 63.7 Å². The van der Waals surface area contributed by atoms with E-state index in [0.29, 0.717) is 18.6 Å². The lowest BCUT2D eigenvalue weighted by Crippen LogP contribution is -2.63. The third kappa shape index (κ3) is 14.8. The monoisotopic (exact) mass is 987 g/mol. The highest BCUT2D eigenvalue weighted by atomic mass is 32.1. The molecule has 0 amide bonds. The van der Waals surface area contributed by atoms with E-state index in [2.05, 4.69) is 10.1 Å². The van der Waals surface area contributed by atoms with Crippen LogP contribution in [0, 0.1) is 23.7 Å². The lowest BCUT2D eigenvalue weighted by atomic mass is 9.79. The molecule has 1 unspecified atom stereocenters. The summed E-state index contributed by atoms with van der Waals surface area (Å²) in [4.78, 5) is 41.9. The Balaban J connectivity index is 1.28. The molecule has 2 aromatic heterocycles. The van der Waals surface area contributed by atoms with Crippen LogP contribution in [0.1, 0.15) is 58.8 Å². The normalized spacial score (nSPS) is 37.7. The minimum Gasteiger partial charge on any atom is -0.465 e. The minimum absolute atomic E-state index is 0.0291. The van der Waals surface area contributed by atoms with Crippen LogP contribution in [0.25, 0.3) is 10.4 Å². The lowest BCUT2D eigenvalue weighted by molar-refractivity contribution is -0.305. The fraction of sp³-hybridized carbons (Fsp3) is 0.680. The summed E-state index contributed by atoms with van der Waals surface area (Å²) in [6.07, 6.45) is -0.342. The van der Waals surface area contributed by atoms with Crippen LogP contribution in [0.15, 0.2) is 65.6 Å². The first kappa shape index (κ1) is 54.8. The summed E-state index contributed by atoms with van der Waals surface area (Å²) in [5.41, 5.74) is 2.20. The number of pyridine rings is 1. The summed E-state index contributed by atoms with van der Waals surface area (Å²) in [5.74, 6) is -2.57. The van der Waals surface area contributed by atoms with E-state index in [1.165, 1.54) is 14.2 Å². The molecule has 4 aliphatic rings. The van der Waals surface area contributed by atoms with E-state index in [4.69, 9.17) is 47.5 Å². The molecule has 19 heteroatoms. The van der Waals surface area contributed by atoms with Gasteiger partial charge >= 0.3 is 5.97 Å². The number of rotatable bonds is 12. The SMILES string of the molecule is CO[C@@H]1[C@H](O)[C@@H](C)O[C@@H](OC[C@H]2/C=C(C)/C=C/C(=O)[C@H](C)CC3CCOC/C(=N\OCc4ccc(-c5cccnc5)s4)CO[C@H](CC(=O)OC2)[C@H](C)[C@H]3O[C@@H]2O[C@H](C)[C@@H](O)[C@H](N(C)C)[C@H]2O)[C@@H]1OC. The summed E-state index contributed by atoms with van der Waals surface area (Å²) in [5, 5.41) is 37.9. The number of allylic oxidation sites excluding steroid dienone is 3. The zero-order chi connectivity index (χ0) is 49.8. The van der Waals surface area contributed by atoms with Gasteiger partial charge < -0.3 is 67.7 Å². The van der Waals surface area contributed by atoms with E-state index < -0.39 is 97.3 Å². The first-order valence-corrected chi connectivity index (χ1v) is 24.7. The standard InChI is InChI=1S/C50H73N3O15S/c1-28-12-14-38(54)29(2)20-34-16-18-61-25-36(52-65-27-37-13-15-40(69-37)35-11-10-17-51-22-35)26-62-39(30(3)46(34)68-49-45(58)42(53(6)7)43(56)31(4)66-49)21-41(55)63-23-33(19-28)24-64-50-48(60-9)47(59-8)44(57)32(5)67-50/h10-15,17,19,22,29-34,39,42-50,56-58H,16,18,20-21,23-27H2,1-9H3/b14-12+,28-19+,52-36+/t29-,30+,31-,32-,33+,34?,39-,42+,43-,44-,45-,46-,47-,48-,49+,50-/m1/s1. The molecule has 16 atom stereocenters. The number of hydrogen-bond donors (Lipinski definition) is 3. The number of methoxy groups -OCH3 is 2.